The molecular formula is C11H21NO3. The standard InChI is InChI=1S/C11H21NO3/c1-3-11(4-2,8-13)7-12-5-9(14)10(15)6-12/h8-10,14-15H,3-7H2,1-2H3. The van der Waals surface area contributed by atoms with Crippen LogP contribution in [0.4, 0.5) is 0 Å². The normalized spacial score (nSPS) is 28.3. The Morgan fingerprint density at radius 1 is 1.27 bits per heavy atom. The van der Waals surface area contributed by atoms with E-state index >= 15 is 0 Å². The molecule has 0 amide bonds. The highest BCUT2D eigenvalue weighted by Gasteiger charge is 2.35. The summed E-state index contributed by atoms with van der Waals surface area (Å²) in [6, 6.07) is 0. The van der Waals surface area contributed by atoms with Gasteiger partial charge in [0, 0.05) is 25.0 Å². The van der Waals surface area contributed by atoms with Gasteiger partial charge in [-0.2, -0.15) is 0 Å². The number of rotatable bonds is 5. The van der Waals surface area contributed by atoms with E-state index in [0.29, 0.717) is 19.6 Å². The molecular weight excluding hydrogens is 194 g/mol. The first kappa shape index (κ1) is 12.6. The van der Waals surface area contributed by atoms with Gasteiger partial charge in [0.2, 0.25) is 0 Å². The third kappa shape index (κ3) is 2.77. The maximum atomic E-state index is 11.1. The predicted molar refractivity (Wildman–Crippen MR) is 57.5 cm³/mol. The lowest BCUT2D eigenvalue weighted by molar-refractivity contribution is -0.117. The molecule has 1 fully saturated rings. The van der Waals surface area contributed by atoms with E-state index in [1.165, 1.54) is 0 Å². The van der Waals surface area contributed by atoms with E-state index < -0.39 is 12.2 Å². The van der Waals surface area contributed by atoms with Crippen molar-refractivity contribution in [3.63, 3.8) is 0 Å². The molecule has 15 heavy (non-hydrogen) atoms. The monoisotopic (exact) mass is 215 g/mol. The van der Waals surface area contributed by atoms with Crippen LogP contribution >= 0.6 is 0 Å². The Labute approximate surface area is 90.9 Å². The minimum atomic E-state index is -0.664. The summed E-state index contributed by atoms with van der Waals surface area (Å²) < 4.78 is 0. The molecule has 4 heteroatoms. The van der Waals surface area contributed by atoms with E-state index in [4.69, 9.17) is 0 Å². The summed E-state index contributed by atoms with van der Waals surface area (Å²) >= 11 is 0. The minimum absolute atomic E-state index is 0.316. The second-order valence-electron chi connectivity index (χ2n) is 4.52. The zero-order valence-corrected chi connectivity index (χ0v) is 9.52. The van der Waals surface area contributed by atoms with Crippen LogP contribution < -0.4 is 0 Å². The van der Waals surface area contributed by atoms with E-state index in [2.05, 4.69) is 0 Å². The van der Waals surface area contributed by atoms with Gasteiger partial charge in [0.1, 0.15) is 6.29 Å². The van der Waals surface area contributed by atoms with Crippen LogP contribution in [-0.4, -0.2) is 53.2 Å². The summed E-state index contributed by atoms with van der Waals surface area (Å²) in [5.74, 6) is 0. The quantitative estimate of drug-likeness (QED) is 0.635. The molecule has 0 spiro atoms. The van der Waals surface area contributed by atoms with Crippen molar-refractivity contribution >= 4 is 6.29 Å². The summed E-state index contributed by atoms with van der Waals surface area (Å²) in [6.45, 7) is 5.58. The van der Waals surface area contributed by atoms with Gasteiger partial charge >= 0.3 is 0 Å². The smallest absolute Gasteiger partial charge is 0.127 e. The summed E-state index contributed by atoms with van der Waals surface area (Å²) in [6.07, 6.45) is 1.29. The highest BCUT2D eigenvalue weighted by molar-refractivity contribution is 5.59. The number of likely N-dealkylation sites (tertiary alicyclic amines) is 1. The SMILES string of the molecule is CCC(C=O)(CC)CN1CC(O)C(O)C1. The molecule has 0 aromatic rings. The molecule has 1 aliphatic heterocycles. The van der Waals surface area contributed by atoms with E-state index in [-0.39, 0.29) is 5.41 Å². The molecule has 1 saturated heterocycles. The summed E-state index contributed by atoms with van der Waals surface area (Å²) in [5.41, 5.74) is -0.316. The van der Waals surface area contributed by atoms with Crippen LogP contribution in [0.1, 0.15) is 26.7 Å². The van der Waals surface area contributed by atoms with Crippen LogP contribution in [0.2, 0.25) is 0 Å². The molecule has 0 bridgehead atoms. The molecule has 88 valence electrons. The van der Waals surface area contributed by atoms with Gasteiger partial charge < -0.3 is 15.0 Å². The second kappa shape index (κ2) is 5.05. The van der Waals surface area contributed by atoms with Gasteiger partial charge in [-0.15, -0.1) is 0 Å². The topological polar surface area (TPSA) is 60.8 Å². The first-order valence-electron chi connectivity index (χ1n) is 5.61. The van der Waals surface area contributed by atoms with E-state index in [1.54, 1.807) is 0 Å². The lowest BCUT2D eigenvalue weighted by atomic mass is 9.83. The van der Waals surface area contributed by atoms with Crippen molar-refractivity contribution in [1.82, 2.24) is 4.90 Å². The fourth-order valence-electron chi connectivity index (χ4n) is 2.10. The Morgan fingerprint density at radius 2 is 1.73 bits per heavy atom. The Morgan fingerprint density at radius 3 is 2.07 bits per heavy atom. The van der Waals surface area contributed by atoms with Gasteiger partial charge in [-0.1, -0.05) is 13.8 Å². The van der Waals surface area contributed by atoms with Gasteiger partial charge in [0.15, 0.2) is 0 Å². The zero-order valence-electron chi connectivity index (χ0n) is 9.52. The number of carbonyl (C=O) groups excluding carboxylic acids is 1. The van der Waals surface area contributed by atoms with Gasteiger partial charge in [-0.3, -0.25) is 4.90 Å². The van der Waals surface area contributed by atoms with Crippen LogP contribution in [0, 0.1) is 5.41 Å². The van der Waals surface area contributed by atoms with E-state index in [0.717, 1.165) is 19.1 Å². The number of carbonyl (C=O) groups is 1. The van der Waals surface area contributed by atoms with Gasteiger partial charge in [-0.05, 0) is 12.8 Å². The number of nitrogens with zero attached hydrogens (tertiary/aromatic N) is 1. The largest absolute Gasteiger partial charge is 0.389 e. The number of aliphatic hydroxyl groups excluding tert-OH is 2. The summed E-state index contributed by atoms with van der Waals surface area (Å²) in [5, 5.41) is 18.8. The first-order valence-corrected chi connectivity index (χ1v) is 5.61. The molecule has 1 aliphatic rings. The highest BCUT2D eigenvalue weighted by Crippen LogP contribution is 2.26. The van der Waals surface area contributed by atoms with Crippen LogP contribution in [0.15, 0.2) is 0 Å². The average molecular weight is 215 g/mol. The van der Waals surface area contributed by atoms with Gasteiger partial charge in [0.25, 0.3) is 0 Å². The van der Waals surface area contributed by atoms with Crippen molar-refractivity contribution in [3.8, 4) is 0 Å². The number of β-amino-alcohol motifs (C(OH)–C–C–N with tert-alkyl or cyclic N) is 2. The molecule has 2 N–H and O–H groups in total. The molecule has 0 radical (unpaired) electrons. The zero-order chi connectivity index (χ0) is 11.5. The van der Waals surface area contributed by atoms with Crippen LogP contribution in [0.3, 0.4) is 0 Å². The number of hydrogen-bond donors (Lipinski definition) is 2. The van der Waals surface area contributed by atoms with Crippen molar-refractivity contribution in [1.29, 1.82) is 0 Å². The van der Waals surface area contributed by atoms with Crippen LogP contribution in [0.5, 0.6) is 0 Å². The Bertz CT molecular complexity index is 206. The molecule has 0 aromatic carbocycles. The number of aldehydes is 1. The van der Waals surface area contributed by atoms with E-state index in [9.17, 15) is 15.0 Å². The molecule has 0 saturated carbocycles. The van der Waals surface area contributed by atoms with Gasteiger partial charge in [0.05, 0.1) is 12.2 Å². The van der Waals surface area contributed by atoms with Crippen molar-refractivity contribution in [2.75, 3.05) is 19.6 Å². The minimum Gasteiger partial charge on any atom is -0.389 e. The number of hydrogen-bond acceptors (Lipinski definition) is 4. The van der Waals surface area contributed by atoms with E-state index in [1.807, 2.05) is 18.7 Å². The molecule has 1 heterocycles. The highest BCUT2D eigenvalue weighted by atomic mass is 16.3. The first-order chi connectivity index (χ1) is 7.06. The van der Waals surface area contributed by atoms with Crippen LogP contribution in [0.25, 0.3) is 0 Å². The Hall–Kier alpha value is -0.450. The third-order valence-corrected chi connectivity index (χ3v) is 3.53. The molecule has 4 nitrogen and oxygen atoms in total. The fourth-order valence-corrected chi connectivity index (χ4v) is 2.10. The number of aliphatic hydroxyl groups is 2. The molecule has 0 aliphatic carbocycles. The predicted octanol–water partition coefficient (Wildman–Crippen LogP) is 0.0291. The molecule has 2 atom stereocenters. The Balaban J connectivity index is 2.56. The van der Waals surface area contributed by atoms with Crippen molar-refractivity contribution in [3.05, 3.63) is 0 Å². The lowest BCUT2D eigenvalue weighted by Crippen LogP contribution is -2.37. The average Bonchev–Trinajstić information content (AvgIpc) is 2.55. The van der Waals surface area contributed by atoms with Crippen LogP contribution in [-0.2, 0) is 4.79 Å². The Kier molecular flexibility index (Phi) is 4.25. The van der Waals surface area contributed by atoms with Crippen molar-refractivity contribution in [2.24, 2.45) is 5.41 Å². The van der Waals surface area contributed by atoms with Gasteiger partial charge in [-0.25, -0.2) is 0 Å². The maximum Gasteiger partial charge on any atom is 0.127 e. The molecule has 1 rings (SSSR count). The van der Waals surface area contributed by atoms with Crippen molar-refractivity contribution < 1.29 is 15.0 Å². The van der Waals surface area contributed by atoms with Crippen molar-refractivity contribution in [2.45, 2.75) is 38.9 Å². The molecule has 2 unspecified atom stereocenters. The fraction of sp³-hybridized carbons (Fsp3) is 0.909. The second-order valence-corrected chi connectivity index (χ2v) is 4.52. The lowest BCUT2D eigenvalue weighted by Gasteiger charge is -2.30. The maximum absolute atomic E-state index is 11.1. The summed E-state index contributed by atoms with van der Waals surface area (Å²) in [4.78, 5) is 13.1. The molecule has 0 aromatic heterocycles. The summed E-state index contributed by atoms with van der Waals surface area (Å²) in [7, 11) is 0. The third-order valence-electron chi connectivity index (χ3n) is 3.53.